The van der Waals surface area contributed by atoms with Crippen molar-refractivity contribution in [2.75, 3.05) is 32.7 Å². The number of rotatable bonds is 7. The number of para-hydroxylation sites is 1. The Labute approximate surface area is 180 Å². The third-order valence-electron chi connectivity index (χ3n) is 6.48. The normalized spacial score (nSPS) is 17.8. The lowest BCUT2D eigenvalue weighted by atomic mass is 10.1. The lowest BCUT2D eigenvalue weighted by molar-refractivity contribution is 0.0912. The fourth-order valence-corrected chi connectivity index (χ4v) is 4.79. The Bertz CT molecular complexity index is 986. The lowest BCUT2D eigenvalue weighted by Gasteiger charge is -2.39. The summed E-state index contributed by atoms with van der Waals surface area (Å²) in [6.45, 7) is 12.8. The van der Waals surface area contributed by atoms with Crippen LogP contribution in [0.2, 0.25) is 0 Å². The zero-order valence-electron chi connectivity index (χ0n) is 18.4. The second kappa shape index (κ2) is 9.15. The van der Waals surface area contributed by atoms with E-state index in [9.17, 15) is 4.79 Å². The van der Waals surface area contributed by atoms with Gasteiger partial charge < -0.3 is 9.47 Å². The first-order valence-corrected chi connectivity index (χ1v) is 11.1. The molecule has 1 saturated heterocycles. The van der Waals surface area contributed by atoms with Gasteiger partial charge in [-0.25, -0.2) is 0 Å². The van der Waals surface area contributed by atoms with E-state index in [2.05, 4.69) is 76.7 Å². The highest BCUT2D eigenvalue weighted by atomic mass is 16.1. The van der Waals surface area contributed by atoms with E-state index in [1.165, 1.54) is 5.56 Å². The Morgan fingerprint density at radius 3 is 2.27 bits per heavy atom. The summed E-state index contributed by atoms with van der Waals surface area (Å²) in [7, 11) is 0. The zero-order valence-corrected chi connectivity index (χ0v) is 18.4. The minimum atomic E-state index is 0.140. The second-order valence-corrected chi connectivity index (χ2v) is 8.80. The molecule has 0 bridgehead atoms. The van der Waals surface area contributed by atoms with E-state index in [4.69, 9.17) is 0 Å². The van der Waals surface area contributed by atoms with Gasteiger partial charge in [0.05, 0.1) is 0 Å². The van der Waals surface area contributed by atoms with Crippen LogP contribution in [-0.2, 0) is 6.54 Å². The van der Waals surface area contributed by atoms with Crippen LogP contribution < -0.4 is 0 Å². The molecule has 1 aliphatic rings. The predicted octanol–water partition coefficient (Wildman–Crippen LogP) is 4.86. The van der Waals surface area contributed by atoms with Crippen LogP contribution in [0.4, 0.5) is 0 Å². The molecule has 2 unspecified atom stereocenters. The van der Waals surface area contributed by atoms with Crippen LogP contribution >= 0.6 is 0 Å². The lowest BCUT2D eigenvalue weighted by Crippen LogP contribution is -2.48. The van der Waals surface area contributed by atoms with Crippen molar-refractivity contribution in [1.29, 1.82) is 0 Å². The summed E-state index contributed by atoms with van der Waals surface area (Å²) in [6.07, 6.45) is 2.04. The average Bonchev–Trinajstić information content (AvgIpc) is 3.13. The van der Waals surface area contributed by atoms with E-state index in [0.717, 1.165) is 55.7 Å². The molecule has 2 aromatic carbocycles. The number of hydrogen-bond acceptors (Lipinski definition) is 3. The number of fused-ring (bicyclic) bond motifs is 1. The third-order valence-corrected chi connectivity index (χ3v) is 6.48. The molecule has 3 aromatic rings. The molecule has 0 radical (unpaired) electrons. The van der Waals surface area contributed by atoms with E-state index in [1.807, 2.05) is 12.3 Å². The molecule has 0 amide bonds. The van der Waals surface area contributed by atoms with Gasteiger partial charge in [0.1, 0.15) is 0 Å². The molecule has 158 valence electrons. The highest BCUT2D eigenvalue weighted by molar-refractivity contribution is 6.06. The summed E-state index contributed by atoms with van der Waals surface area (Å²) in [5.41, 5.74) is 3.40. The number of ketones is 1. The molecule has 2 atom stereocenters. The van der Waals surface area contributed by atoms with Gasteiger partial charge in [-0.3, -0.25) is 9.69 Å². The van der Waals surface area contributed by atoms with E-state index >= 15 is 0 Å². The minimum absolute atomic E-state index is 0.140. The fourth-order valence-electron chi connectivity index (χ4n) is 4.79. The molecular weight excluding hydrogens is 370 g/mol. The van der Waals surface area contributed by atoms with Gasteiger partial charge >= 0.3 is 0 Å². The smallest absolute Gasteiger partial charge is 0.161 e. The van der Waals surface area contributed by atoms with E-state index in [-0.39, 0.29) is 5.78 Å². The van der Waals surface area contributed by atoms with Gasteiger partial charge in [0.15, 0.2) is 5.78 Å². The molecule has 0 saturated carbocycles. The minimum Gasteiger partial charge on any atom is -0.346 e. The van der Waals surface area contributed by atoms with Gasteiger partial charge in [0.2, 0.25) is 0 Å². The third kappa shape index (κ3) is 4.50. The van der Waals surface area contributed by atoms with Crippen molar-refractivity contribution < 1.29 is 4.79 Å². The monoisotopic (exact) mass is 403 g/mol. The molecule has 2 heterocycles. The van der Waals surface area contributed by atoms with Crippen LogP contribution in [0, 0.1) is 5.92 Å². The van der Waals surface area contributed by atoms with Gasteiger partial charge in [-0.15, -0.1) is 0 Å². The number of piperazine rings is 1. The first-order valence-electron chi connectivity index (χ1n) is 11.1. The maximum atomic E-state index is 12.0. The standard InChI is InChI=1S/C26H33N3O/c1-20(18-29-19-25(22(3)30)24-11-7-8-12-26(24)29)17-27-13-15-28(16-14-27)21(2)23-9-5-4-6-10-23/h4-12,19-21H,13-18H2,1-3H3. The van der Waals surface area contributed by atoms with Gasteiger partial charge in [0, 0.05) is 68.0 Å². The van der Waals surface area contributed by atoms with Crippen molar-refractivity contribution in [1.82, 2.24) is 14.4 Å². The molecular formula is C26H33N3O. The summed E-state index contributed by atoms with van der Waals surface area (Å²) in [5.74, 6) is 0.667. The van der Waals surface area contributed by atoms with Crippen molar-refractivity contribution in [3.8, 4) is 0 Å². The Balaban J connectivity index is 1.34. The molecule has 0 N–H and O–H groups in total. The number of Topliss-reactive ketones (excluding diaryl/α,β-unsaturated/α-hetero) is 1. The number of aromatic nitrogens is 1. The average molecular weight is 404 g/mol. The van der Waals surface area contributed by atoms with Crippen LogP contribution in [0.15, 0.2) is 60.8 Å². The Kier molecular flexibility index (Phi) is 6.35. The molecule has 0 aliphatic carbocycles. The van der Waals surface area contributed by atoms with Crippen molar-refractivity contribution in [2.24, 2.45) is 5.92 Å². The van der Waals surface area contributed by atoms with Crippen LogP contribution in [0.5, 0.6) is 0 Å². The molecule has 1 aliphatic heterocycles. The molecule has 1 aromatic heterocycles. The SMILES string of the molecule is CC(=O)c1cn(CC(C)CN2CCN(C(C)c3ccccc3)CC2)c2ccccc12. The van der Waals surface area contributed by atoms with Crippen LogP contribution in [0.25, 0.3) is 10.9 Å². The first kappa shape index (κ1) is 20.8. The van der Waals surface area contributed by atoms with Gasteiger partial charge in [-0.05, 0) is 31.4 Å². The van der Waals surface area contributed by atoms with Crippen molar-refractivity contribution in [3.05, 3.63) is 71.9 Å². The van der Waals surface area contributed by atoms with E-state index < -0.39 is 0 Å². The van der Waals surface area contributed by atoms with Crippen molar-refractivity contribution in [2.45, 2.75) is 33.4 Å². The zero-order chi connectivity index (χ0) is 21.1. The molecule has 30 heavy (non-hydrogen) atoms. The Morgan fingerprint density at radius 2 is 1.57 bits per heavy atom. The largest absolute Gasteiger partial charge is 0.346 e. The first-order chi connectivity index (χ1) is 14.5. The van der Waals surface area contributed by atoms with Crippen molar-refractivity contribution >= 4 is 16.7 Å². The molecule has 1 fully saturated rings. The summed E-state index contributed by atoms with van der Waals surface area (Å²) >= 11 is 0. The number of hydrogen-bond donors (Lipinski definition) is 0. The quantitative estimate of drug-likeness (QED) is 0.528. The Morgan fingerprint density at radius 1 is 0.900 bits per heavy atom. The fraction of sp³-hybridized carbons (Fsp3) is 0.423. The number of carbonyl (C=O) groups excluding carboxylic acids is 1. The maximum absolute atomic E-state index is 12.0. The van der Waals surface area contributed by atoms with Crippen LogP contribution in [-0.4, -0.2) is 52.9 Å². The summed E-state index contributed by atoms with van der Waals surface area (Å²) in [5, 5.41) is 1.07. The van der Waals surface area contributed by atoms with E-state index in [1.54, 1.807) is 6.92 Å². The topological polar surface area (TPSA) is 28.5 Å². The molecule has 0 spiro atoms. The summed E-state index contributed by atoms with van der Waals surface area (Å²) in [4.78, 5) is 17.2. The molecule has 4 heteroatoms. The van der Waals surface area contributed by atoms with Crippen LogP contribution in [0.1, 0.15) is 42.7 Å². The van der Waals surface area contributed by atoms with Crippen molar-refractivity contribution in [3.63, 3.8) is 0 Å². The molecule has 4 nitrogen and oxygen atoms in total. The van der Waals surface area contributed by atoms with Gasteiger partial charge in [0.25, 0.3) is 0 Å². The van der Waals surface area contributed by atoms with Crippen LogP contribution in [0.3, 0.4) is 0 Å². The number of carbonyl (C=O) groups is 1. The second-order valence-electron chi connectivity index (χ2n) is 8.80. The Hall–Kier alpha value is -2.43. The van der Waals surface area contributed by atoms with Gasteiger partial charge in [-0.1, -0.05) is 55.5 Å². The summed E-state index contributed by atoms with van der Waals surface area (Å²) < 4.78 is 2.27. The number of benzene rings is 2. The predicted molar refractivity (Wildman–Crippen MR) is 124 cm³/mol. The highest BCUT2D eigenvalue weighted by Gasteiger charge is 2.23. The summed E-state index contributed by atoms with van der Waals surface area (Å²) in [6, 6.07) is 19.5. The maximum Gasteiger partial charge on any atom is 0.161 e. The number of nitrogens with zero attached hydrogens (tertiary/aromatic N) is 3. The van der Waals surface area contributed by atoms with Gasteiger partial charge in [-0.2, -0.15) is 0 Å². The van der Waals surface area contributed by atoms with E-state index in [0.29, 0.717) is 12.0 Å². The highest BCUT2D eigenvalue weighted by Crippen LogP contribution is 2.24. The molecule has 4 rings (SSSR count).